The topological polar surface area (TPSA) is 40.5 Å². The number of aliphatic hydroxyl groups is 2. The van der Waals surface area contributed by atoms with Gasteiger partial charge < -0.3 is 10.2 Å². The van der Waals surface area contributed by atoms with Crippen molar-refractivity contribution in [3.8, 4) is 0 Å². The maximum absolute atomic E-state index is 10.0. The molecule has 0 saturated heterocycles. The molecule has 4 bridgehead atoms. The highest BCUT2D eigenvalue weighted by atomic mass is 16.3. The summed E-state index contributed by atoms with van der Waals surface area (Å²) in [7, 11) is 0. The second-order valence-corrected chi connectivity index (χ2v) is 10.4. The van der Waals surface area contributed by atoms with Gasteiger partial charge >= 0.3 is 0 Å². The SMILES string of the molecule is CC1(CO)CC2CC(C1)C1C3CC(C4CCC(C)(CO)C43)C21. The van der Waals surface area contributed by atoms with E-state index in [1.54, 1.807) is 0 Å². The lowest BCUT2D eigenvalue weighted by Crippen LogP contribution is -2.40. The van der Waals surface area contributed by atoms with Crippen LogP contribution in [0.4, 0.5) is 0 Å². The van der Waals surface area contributed by atoms with Crippen LogP contribution >= 0.6 is 0 Å². The first-order chi connectivity index (χ1) is 10.5. The number of aliphatic hydroxyl groups excluding tert-OH is 2. The third-order valence-electron chi connectivity index (χ3n) is 9.25. The van der Waals surface area contributed by atoms with Gasteiger partial charge in [0.15, 0.2) is 0 Å². The van der Waals surface area contributed by atoms with E-state index >= 15 is 0 Å². The Balaban J connectivity index is 1.49. The summed E-state index contributed by atoms with van der Waals surface area (Å²) in [6.07, 6.45) is 8.10. The van der Waals surface area contributed by atoms with Crippen LogP contribution in [0.25, 0.3) is 0 Å². The van der Waals surface area contributed by atoms with Crippen molar-refractivity contribution < 1.29 is 10.2 Å². The van der Waals surface area contributed by atoms with E-state index in [2.05, 4.69) is 13.8 Å². The highest BCUT2D eigenvalue weighted by molar-refractivity contribution is 5.17. The average Bonchev–Trinajstić information content (AvgIpc) is 3.21. The van der Waals surface area contributed by atoms with Crippen molar-refractivity contribution >= 4 is 0 Å². The van der Waals surface area contributed by atoms with Crippen molar-refractivity contribution in [2.24, 2.45) is 58.2 Å². The molecule has 0 spiro atoms. The first kappa shape index (κ1) is 14.3. The van der Waals surface area contributed by atoms with Gasteiger partial charge in [-0.25, -0.2) is 0 Å². The number of fused-ring (bicyclic) bond motifs is 12. The molecule has 2 N–H and O–H groups in total. The summed E-state index contributed by atoms with van der Waals surface area (Å²) in [4.78, 5) is 0. The van der Waals surface area contributed by atoms with Gasteiger partial charge in [-0.2, -0.15) is 0 Å². The minimum atomic E-state index is 0.201. The van der Waals surface area contributed by atoms with E-state index in [1.807, 2.05) is 0 Å². The minimum Gasteiger partial charge on any atom is -0.396 e. The number of hydrogen-bond donors (Lipinski definition) is 2. The molecule has 5 saturated carbocycles. The van der Waals surface area contributed by atoms with Gasteiger partial charge in [0.1, 0.15) is 0 Å². The Bertz CT molecular complexity index is 490. The summed E-state index contributed by atoms with van der Waals surface area (Å²) in [6.45, 7) is 5.48. The second kappa shape index (κ2) is 4.30. The predicted molar refractivity (Wildman–Crippen MR) is 86.0 cm³/mol. The third-order valence-corrected chi connectivity index (χ3v) is 9.25. The van der Waals surface area contributed by atoms with E-state index in [4.69, 9.17) is 0 Å². The Morgan fingerprint density at radius 2 is 1.55 bits per heavy atom. The summed E-state index contributed by atoms with van der Waals surface area (Å²) in [5, 5.41) is 19.9. The molecule has 2 heteroatoms. The van der Waals surface area contributed by atoms with Crippen molar-refractivity contribution in [2.75, 3.05) is 13.2 Å². The van der Waals surface area contributed by atoms with Crippen molar-refractivity contribution in [2.45, 2.75) is 52.4 Å². The Morgan fingerprint density at radius 1 is 0.864 bits per heavy atom. The van der Waals surface area contributed by atoms with Gasteiger partial charge in [-0.15, -0.1) is 0 Å². The van der Waals surface area contributed by atoms with Crippen LogP contribution in [0.3, 0.4) is 0 Å². The first-order valence-electron chi connectivity index (χ1n) is 9.71. The van der Waals surface area contributed by atoms with Crippen molar-refractivity contribution in [1.29, 1.82) is 0 Å². The molecule has 0 aromatic rings. The van der Waals surface area contributed by atoms with Crippen molar-refractivity contribution in [1.82, 2.24) is 0 Å². The Labute approximate surface area is 134 Å². The fraction of sp³-hybridized carbons (Fsp3) is 1.00. The van der Waals surface area contributed by atoms with Crippen LogP contribution in [0.1, 0.15) is 52.4 Å². The molecular formula is C20H32O2. The molecule has 22 heavy (non-hydrogen) atoms. The van der Waals surface area contributed by atoms with Crippen LogP contribution in [-0.2, 0) is 0 Å². The molecule has 0 aromatic heterocycles. The van der Waals surface area contributed by atoms with Crippen molar-refractivity contribution in [3.63, 3.8) is 0 Å². The van der Waals surface area contributed by atoms with Gasteiger partial charge in [-0.1, -0.05) is 13.8 Å². The quantitative estimate of drug-likeness (QED) is 0.768. The zero-order valence-corrected chi connectivity index (χ0v) is 14.2. The van der Waals surface area contributed by atoms with Crippen molar-refractivity contribution in [3.05, 3.63) is 0 Å². The lowest BCUT2D eigenvalue weighted by atomic mass is 9.62. The summed E-state index contributed by atoms with van der Waals surface area (Å²) in [5.74, 6) is 7.28. The molecule has 124 valence electrons. The Morgan fingerprint density at radius 3 is 2.18 bits per heavy atom. The molecule has 0 aromatic carbocycles. The predicted octanol–water partition coefficient (Wildman–Crippen LogP) is 3.32. The first-order valence-corrected chi connectivity index (χ1v) is 9.71. The Hall–Kier alpha value is -0.0800. The molecule has 5 aliphatic carbocycles. The van der Waals surface area contributed by atoms with Gasteiger partial charge in [0.2, 0.25) is 0 Å². The smallest absolute Gasteiger partial charge is 0.0487 e. The lowest BCUT2D eigenvalue weighted by molar-refractivity contribution is 0.0129. The van der Waals surface area contributed by atoms with Crippen LogP contribution < -0.4 is 0 Å². The highest BCUT2D eigenvalue weighted by Crippen LogP contribution is 2.75. The molecule has 10 unspecified atom stereocenters. The largest absolute Gasteiger partial charge is 0.396 e. The van der Waals surface area contributed by atoms with E-state index < -0.39 is 0 Å². The molecule has 5 fully saturated rings. The van der Waals surface area contributed by atoms with Gasteiger partial charge in [-0.05, 0) is 96.7 Å². The molecule has 0 heterocycles. The zero-order chi connectivity index (χ0) is 15.3. The Kier molecular flexibility index (Phi) is 2.79. The average molecular weight is 304 g/mol. The standard InChI is InChI=1S/C20H32O2/c1-19(9-21)7-11-5-12(8-19)17-15-6-14(16(11)17)13-3-4-20(2,10-22)18(13)15/h11-18,21-22H,3-10H2,1-2H3. The van der Waals surface area contributed by atoms with E-state index in [0.717, 1.165) is 47.3 Å². The van der Waals surface area contributed by atoms with E-state index in [9.17, 15) is 10.2 Å². The normalized spacial score (nSPS) is 64.9. The summed E-state index contributed by atoms with van der Waals surface area (Å²) >= 11 is 0. The number of rotatable bonds is 2. The zero-order valence-electron chi connectivity index (χ0n) is 14.2. The van der Waals surface area contributed by atoms with Crippen LogP contribution in [0.15, 0.2) is 0 Å². The highest BCUT2D eigenvalue weighted by Gasteiger charge is 2.69. The molecule has 5 rings (SSSR count). The maximum Gasteiger partial charge on any atom is 0.0487 e. The van der Waals surface area contributed by atoms with E-state index in [-0.39, 0.29) is 10.8 Å². The van der Waals surface area contributed by atoms with Crippen LogP contribution in [0, 0.1) is 58.2 Å². The molecule has 0 radical (unpaired) electrons. The minimum absolute atomic E-state index is 0.201. The van der Waals surface area contributed by atoms with Gasteiger partial charge in [0, 0.05) is 13.2 Å². The van der Waals surface area contributed by atoms with Gasteiger partial charge in [0.05, 0.1) is 0 Å². The molecule has 0 aliphatic heterocycles. The lowest BCUT2D eigenvalue weighted by Gasteiger charge is -2.43. The van der Waals surface area contributed by atoms with E-state index in [1.165, 1.54) is 38.5 Å². The number of hydrogen-bond acceptors (Lipinski definition) is 2. The van der Waals surface area contributed by atoms with Gasteiger partial charge in [0.25, 0.3) is 0 Å². The molecular weight excluding hydrogens is 272 g/mol. The fourth-order valence-corrected chi connectivity index (χ4v) is 8.85. The fourth-order valence-electron chi connectivity index (χ4n) is 8.85. The van der Waals surface area contributed by atoms with Crippen LogP contribution in [0.2, 0.25) is 0 Å². The molecule has 0 amide bonds. The summed E-state index contributed by atoms with van der Waals surface area (Å²) in [5.41, 5.74) is 0.415. The third kappa shape index (κ3) is 1.55. The summed E-state index contributed by atoms with van der Waals surface area (Å²) in [6, 6.07) is 0. The van der Waals surface area contributed by atoms with Crippen LogP contribution in [-0.4, -0.2) is 23.4 Å². The maximum atomic E-state index is 10.0. The monoisotopic (exact) mass is 304 g/mol. The molecule has 10 atom stereocenters. The summed E-state index contributed by atoms with van der Waals surface area (Å²) < 4.78 is 0. The van der Waals surface area contributed by atoms with Gasteiger partial charge in [-0.3, -0.25) is 0 Å². The van der Waals surface area contributed by atoms with Crippen LogP contribution in [0.5, 0.6) is 0 Å². The van der Waals surface area contributed by atoms with E-state index in [0.29, 0.717) is 13.2 Å². The second-order valence-electron chi connectivity index (χ2n) is 10.4. The molecule has 5 aliphatic rings. The molecule has 2 nitrogen and oxygen atoms in total.